The quantitative estimate of drug-likeness (QED) is 0.854. The van der Waals surface area contributed by atoms with E-state index >= 15 is 0 Å². The van der Waals surface area contributed by atoms with Crippen molar-refractivity contribution in [3.63, 3.8) is 0 Å². The summed E-state index contributed by atoms with van der Waals surface area (Å²) < 4.78 is 41.9. The highest BCUT2D eigenvalue weighted by molar-refractivity contribution is 5.82. The van der Waals surface area contributed by atoms with Gasteiger partial charge in [-0.3, -0.25) is 4.79 Å². The summed E-state index contributed by atoms with van der Waals surface area (Å²) in [7, 11) is 0. The number of nitrogens with zero attached hydrogens (tertiary/aromatic N) is 2. The summed E-state index contributed by atoms with van der Waals surface area (Å²) in [4.78, 5) is 15.3. The van der Waals surface area contributed by atoms with Crippen molar-refractivity contribution >= 4 is 5.91 Å². The molecule has 8 heteroatoms. The monoisotopic (exact) mass is 367 g/mol. The van der Waals surface area contributed by atoms with Gasteiger partial charge in [0.15, 0.2) is 0 Å². The molecule has 5 nitrogen and oxygen atoms in total. The highest BCUT2D eigenvalue weighted by Crippen LogP contribution is 2.34. The van der Waals surface area contributed by atoms with Crippen LogP contribution in [-0.4, -0.2) is 16.0 Å². The highest BCUT2D eigenvalue weighted by Gasteiger charge is 2.38. The minimum absolute atomic E-state index is 0.146. The van der Waals surface area contributed by atoms with Crippen LogP contribution in [0.25, 0.3) is 11.4 Å². The first-order valence-electron chi connectivity index (χ1n) is 8.65. The van der Waals surface area contributed by atoms with Crippen molar-refractivity contribution < 1.29 is 22.5 Å². The second-order valence-electron chi connectivity index (χ2n) is 6.74. The number of hydrogen-bond donors (Lipinski definition) is 1. The Kier molecular flexibility index (Phi) is 5.29. The SMILES string of the molecule is NC(=O)C(CC1CCCCC1)c1ccc(-c2noc(C(F)(F)F)n2)cc1. The van der Waals surface area contributed by atoms with E-state index in [1.165, 1.54) is 19.3 Å². The molecular formula is C18H20F3N3O2. The lowest BCUT2D eigenvalue weighted by Crippen LogP contribution is -2.24. The molecular weight excluding hydrogens is 347 g/mol. The Morgan fingerprint density at radius 3 is 2.38 bits per heavy atom. The van der Waals surface area contributed by atoms with Crippen molar-refractivity contribution in [2.75, 3.05) is 0 Å². The number of carbonyl (C=O) groups excluding carboxylic acids is 1. The number of alkyl halides is 3. The number of benzene rings is 1. The van der Waals surface area contributed by atoms with Crippen molar-refractivity contribution in [2.45, 2.75) is 50.6 Å². The number of rotatable bonds is 5. The van der Waals surface area contributed by atoms with Crippen LogP contribution in [0.5, 0.6) is 0 Å². The number of halogens is 3. The fraction of sp³-hybridized carbons (Fsp3) is 0.500. The van der Waals surface area contributed by atoms with Crippen LogP contribution in [0.15, 0.2) is 28.8 Å². The molecule has 2 N–H and O–H groups in total. The summed E-state index contributed by atoms with van der Waals surface area (Å²) in [5.41, 5.74) is 6.72. The van der Waals surface area contributed by atoms with Crippen LogP contribution in [0.2, 0.25) is 0 Å². The largest absolute Gasteiger partial charge is 0.471 e. The number of nitrogens with two attached hydrogens (primary N) is 1. The van der Waals surface area contributed by atoms with E-state index in [0.29, 0.717) is 17.9 Å². The van der Waals surface area contributed by atoms with Crippen LogP contribution >= 0.6 is 0 Å². The molecule has 1 aliphatic rings. The molecule has 2 aromatic rings. The standard InChI is InChI=1S/C18H20F3N3O2/c19-18(20,21)17-23-16(24-26-17)13-8-6-12(7-9-13)14(15(22)25)10-11-4-2-1-3-5-11/h6-9,11,14H,1-5,10H2,(H2,22,25). The summed E-state index contributed by atoms with van der Waals surface area (Å²) in [6.45, 7) is 0. The van der Waals surface area contributed by atoms with Gasteiger partial charge in [-0.05, 0) is 17.9 Å². The molecule has 26 heavy (non-hydrogen) atoms. The van der Waals surface area contributed by atoms with Gasteiger partial charge in [-0.2, -0.15) is 18.2 Å². The van der Waals surface area contributed by atoms with Crippen LogP contribution < -0.4 is 5.73 Å². The van der Waals surface area contributed by atoms with E-state index in [2.05, 4.69) is 14.7 Å². The number of carbonyl (C=O) groups is 1. The molecule has 3 rings (SSSR count). The Bertz CT molecular complexity index is 750. The summed E-state index contributed by atoms with van der Waals surface area (Å²) in [5, 5.41) is 3.36. The number of primary amides is 1. The average molecular weight is 367 g/mol. The lowest BCUT2D eigenvalue weighted by molar-refractivity contribution is -0.159. The Morgan fingerprint density at radius 2 is 1.85 bits per heavy atom. The highest BCUT2D eigenvalue weighted by atomic mass is 19.4. The van der Waals surface area contributed by atoms with Crippen LogP contribution in [0.1, 0.15) is 55.9 Å². The predicted octanol–water partition coefficient (Wildman–Crippen LogP) is 4.29. The molecule has 0 radical (unpaired) electrons. The Labute approximate surface area is 148 Å². The summed E-state index contributed by atoms with van der Waals surface area (Å²) in [5.74, 6) is -1.84. The van der Waals surface area contributed by atoms with Gasteiger partial charge < -0.3 is 10.3 Å². The minimum atomic E-state index is -4.68. The zero-order valence-corrected chi connectivity index (χ0v) is 14.1. The second-order valence-corrected chi connectivity index (χ2v) is 6.74. The van der Waals surface area contributed by atoms with E-state index in [1.54, 1.807) is 24.3 Å². The number of amides is 1. The van der Waals surface area contributed by atoms with Gasteiger partial charge in [0.1, 0.15) is 0 Å². The molecule has 0 spiro atoms. The third kappa shape index (κ3) is 4.23. The Hall–Kier alpha value is -2.38. The summed E-state index contributed by atoms with van der Waals surface area (Å²) in [6, 6.07) is 6.54. The van der Waals surface area contributed by atoms with Crippen LogP contribution in [0.3, 0.4) is 0 Å². The molecule has 1 fully saturated rings. The second kappa shape index (κ2) is 7.47. The molecule has 0 bridgehead atoms. The lowest BCUT2D eigenvalue weighted by Gasteiger charge is -2.25. The Morgan fingerprint density at radius 1 is 1.19 bits per heavy atom. The van der Waals surface area contributed by atoms with Gasteiger partial charge in [-0.1, -0.05) is 61.5 Å². The fourth-order valence-corrected chi connectivity index (χ4v) is 3.49. The number of aromatic nitrogens is 2. The number of hydrogen-bond acceptors (Lipinski definition) is 4. The van der Waals surface area contributed by atoms with Crippen molar-refractivity contribution in [1.82, 2.24) is 10.1 Å². The van der Waals surface area contributed by atoms with E-state index in [-0.39, 0.29) is 11.7 Å². The van der Waals surface area contributed by atoms with Gasteiger partial charge in [-0.25, -0.2) is 0 Å². The zero-order valence-electron chi connectivity index (χ0n) is 14.1. The van der Waals surface area contributed by atoms with Crippen LogP contribution in [-0.2, 0) is 11.0 Å². The minimum Gasteiger partial charge on any atom is -0.369 e. The van der Waals surface area contributed by atoms with Crippen LogP contribution in [0, 0.1) is 5.92 Å². The first-order valence-corrected chi connectivity index (χ1v) is 8.65. The molecule has 1 saturated carbocycles. The maximum atomic E-state index is 12.6. The molecule has 1 heterocycles. The van der Waals surface area contributed by atoms with Gasteiger partial charge in [0.05, 0.1) is 5.92 Å². The lowest BCUT2D eigenvalue weighted by atomic mass is 9.80. The third-order valence-electron chi connectivity index (χ3n) is 4.88. The summed E-state index contributed by atoms with van der Waals surface area (Å²) >= 11 is 0. The normalized spacial score (nSPS) is 17.2. The smallest absolute Gasteiger partial charge is 0.369 e. The van der Waals surface area contributed by atoms with Gasteiger partial charge in [0, 0.05) is 5.56 Å². The van der Waals surface area contributed by atoms with Gasteiger partial charge in [-0.15, -0.1) is 0 Å². The fourth-order valence-electron chi connectivity index (χ4n) is 3.49. The van der Waals surface area contributed by atoms with Gasteiger partial charge >= 0.3 is 12.1 Å². The molecule has 0 aliphatic heterocycles. The first-order chi connectivity index (χ1) is 12.3. The van der Waals surface area contributed by atoms with Crippen molar-refractivity contribution in [2.24, 2.45) is 11.7 Å². The maximum Gasteiger partial charge on any atom is 0.471 e. The average Bonchev–Trinajstić information content (AvgIpc) is 3.11. The maximum absolute atomic E-state index is 12.6. The van der Waals surface area contributed by atoms with Gasteiger partial charge in [0.2, 0.25) is 11.7 Å². The van der Waals surface area contributed by atoms with Gasteiger partial charge in [0.25, 0.3) is 0 Å². The molecule has 0 saturated heterocycles. The van der Waals surface area contributed by atoms with E-state index < -0.39 is 18.0 Å². The van der Waals surface area contributed by atoms with E-state index in [0.717, 1.165) is 18.4 Å². The van der Waals surface area contributed by atoms with Crippen molar-refractivity contribution in [3.05, 3.63) is 35.7 Å². The molecule has 1 aromatic heterocycles. The van der Waals surface area contributed by atoms with Crippen molar-refractivity contribution in [1.29, 1.82) is 0 Å². The predicted molar refractivity (Wildman–Crippen MR) is 87.9 cm³/mol. The zero-order chi connectivity index (χ0) is 18.7. The molecule has 1 aliphatic carbocycles. The molecule has 1 aromatic carbocycles. The summed E-state index contributed by atoms with van der Waals surface area (Å²) in [6.07, 6.45) is 1.81. The molecule has 1 atom stereocenters. The topological polar surface area (TPSA) is 82.0 Å². The molecule has 140 valence electrons. The van der Waals surface area contributed by atoms with Crippen LogP contribution in [0.4, 0.5) is 13.2 Å². The molecule has 1 amide bonds. The van der Waals surface area contributed by atoms with E-state index in [9.17, 15) is 18.0 Å². The van der Waals surface area contributed by atoms with Crippen molar-refractivity contribution in [3.8, 4) is 11.4 Å². The first kappa shape index (κ1) is 18.4. The van der Waals surface area contributed by atoms with E-state index in [4.69, 9.17) is 5.73 Å². The molecule has 1 unspecified atom stereocenters. The third-order valence-corrected chi connectivity index (χ3v) is 4.88. The van der Waals surface area contributed by atoms with E-state index in [1.807, 2.05) is 0 Å². The Balaban J connectivity index is 1.76.